The van der Waals surface area contributed by atoms with E-state index in [-0.39, 0.29) is 5.69 Å². The van der Waals surface area contributed by atoms with Crippen molar-refractivity contribution in [1.29, 1.82) is 0 Å². The van der Waals surface area contributed by atoms with Crippen molar-refractivity contribution < 1.29 is 4.92 Å². The van der Waals surface area contributed by atoms with Crippen molar-refractivity contribution in [2.75, 3.05) is 12.4 Å². The fourth-order valence-electron chi connectivity index (χ4n) is 1.48. The van der Waals surface area contributed by atoms with Crippen LogP contribution in [-0.2, 0) is 7.05 Å². The van der Waals surface area contributed by atoms with Crippen LogP contribution in [0.1, 0.15) is 0 Å². The van der Waals surface area contributed by atoms with Gasteiger partial charge in [0.2, 0.25) is 0 Å². The summed E-state index contributed by atoms with van der Waals surface area (Å²) in [5, 5.41) is 13.6. The van der Waals surface area contributed by atoms with E-state index in [9.17, 15) is 10.1 Å². The lowest BCUT2D eigenvalue weighted by Crippen LogP contribution is -2.00. The lowest BCUT2D eigenvalue weighted by molar-refractivity contribution is -0.384. The van der Waals surface area contributed by atoms with Crippen molar-refractivity contribution in [1.82, 2.24) is 14.5 Å². The Morgan fingerprint density at radius 3 is 2.76 bits per heavy atom. The smallest absolute Gasteiger partial charge is 0.275 e. The highest BCUT2D eigenvalue weighted by Crippen LogP contribution is 2.23. The fourth-order valence-corrected chi connectivity index (χ4v) is 1.48. The van der Waals surface area contributed by atoms with E-state index in [0.717, 1.165) is 0 Å². The molecule has 7 nitrogen and oxygen atoms in total. The molecule has 1 N–H and O–H groups in total. The molecule has 0 aliphatic carbocycles. The number of nitro groups is 1. The highest BCUT2D eigenvalue weighted by molar-refractivity contribution is 5.59. The van der Waals surface area contributed by atoms with E-state index in [4.69, 9.17) is 0 Å². The molecule has 7 heteroatoms. The Morgan fingerprint density at radius 1 is 1.47 bits per heavy atom. The third kappa shape index (κ3) is 2.07. The van der Waals surface area contributed by atoms with Crippen LogP contribution in [0.4, 0.5) is 11.5 Å². The summed E-state index contributed by atoms with van der Waals surface area (Å²) in [6.07, 6.45) is 3.38. The Labute approximate surface area is 97.3 Å². The van der Waals surface area contributed by atoms with Crippen molar-refractivity contribution in [3.8, 4) is 11.5 Å². The molecule has 0 aliphatic rings. The number of imidazole rings is 1. The van der Waals surface area contributed by atoms with Gasteiger partial charge in [0.1, 0.15) is 11.5 Å². The number of rotatable bonds is 3. The molecule has 0 spiro atoms. The van der Waals surface area contributed by atoms with E-state index >= 15 is 0 Å². The van der Waals surface area contributed by atoms with Crippen molar-refractivity contribution in [2.24, 2.45) is 7.05 Å². The molecule has 2 aromatic rings. The number of nitrogens with zero attached hydrogens (tertiary/aromatic N) is 4. The number of aryl methyl sites for hydroxylation is 1. The second-order valence-electron chi connectivity index (χ2n) is 3.46. The molecule has 2 heterocycles. The van der Waals surface area contributed by atoms with Gasteiger partial charge in [-0.1, -0.05) is 0 Å². The SMILES string of the molecule is CNc1cc([N+](=O)[O-])cc(-c2nccn2C)n1. The topological polar surface area (TPSA) is 85.9 Å². The van der Waals surface area contributed by atoms with E-state index in [1.807, 2.05) is 7.05 Å². The first-order valence-corrected chi connectivity index (χ1v) is 4.93. The second kappa shape index (κ2) is 4.20. The van der Waals surface area contributed by atoms with Gasteiger partial charge < -0.3 is 9.88 Å². The number of aromatic nitrogens is 3. The average Bonchev–Trinajstić information content (AvgIpc) is 2.74. The highest BCUT2D eigenvalue weighted by Gasteiger charge is 2.14. The molecule has 0 aliphatic heterocycles. The summed E-state index contributed by atoms with van der Waals surface area (Å²) in [6, 6.07) is 2.79. The summed E-state index contributed by atoms with van der Waals surface area (Å²) in [4.78, 5) is 18.7. The van der Waals surface area contributed by atoms with E-state index in [1.54, 1.807) is 24.0 Å². The van der Waals surface area contributed by atoms with Crippen LogP contribution in [0, 0.1) is 10.1 Å². The second-order valence-corrected chi connectivity index (χ2v) is 3.46. The molecule has 0 saturated carbocycles. The third-order valence-electron chi connectivity index (χ3n) is 2.33. The van der Waals surface area contributed by atoms with E-state index < -0.39 is 4.92 Å². The van der Waals surface area contributed by atoms with E-state index in [2.05, 4.69) is 15.3 Å². The molecule has 0 aromatic carbocycles. The van der Waals surface area contributed by atoms with E-state index in [0.29, 0.717) is 17.3 Å². The van der Waals surface area contributed by atoms with Crippen molar-refractivity contribution in [3.05, 3.63) is 34.6 Å². The zero-order valence-corrected chi connectivity index (χ0v) is 9.41. The maximum atomic E-state index is 10.8. The zero-order chi connectivity index (χ0) is 12.4. The van der Waals surface area contributed by atoms with Crippen LogP contribution in [-0.4, -0.2) is 26.5 Å². The number of hydrogen-bond donors (Lipinski definition) is 1. The summed E-state index contributed by atoms with van der Waals surface area (Å²) in [5.74, 6) is 1.03. The minimum atomic E-state index is -0.449. The third-order valence-corrected chi connectivity index (χ3v) is 2.33. The monoisotopic (exact) mass is 233 g/mol. The summed E-state index contributed by atoms with van der Waals surface area (Å²) in [5.41, 5.74) is 0.457. The van der Waals surface area contributed by atoms with Crippen LogP contribution in [0.5, 0.6) is 0 Å². The molecule has 2 rings (SSSR count). The fraction of sp³-hybridized carbons (Fsp3) is 0.200. The number of pyridine rings is 1. The molecule has 0 unspecified atom stereocenters. The van der Waals surface area contributed by atoms with Gasteiger partial charge >= 0.3 is 0 Å². The Bertz CT molecular complexity index is 564. The lowest BCUT2D eigenvalue weighted by Gasteiger charge is -2.04. The zero-order valence-electron chi connectivity index (χ0n) is 9.41. The Balaban J connectivity index is 2.58. The van der Waals surface area contributed by atoms with Crippen LogP contribution in [0.15, 0.2) is 24.5 Å². The quantitative estimate of drug-likeness (QED) is 0.640. The van der Waals surface area contributed by atoms with Crippen LogP contribution in [0.2, 0.25) is 0 Å². The minimum absolute atomic E-state index is 0.0117. The molecule has 0 saturated heterocycles. The summed E-state index contributed by atoms with van der Waals surface area (Å²) in [7, 11) is 3.47. The first-order valence-electron chi connectivity index (χ1n) is 4.93. The van der Waals surface area contributed by atoms with Gasteiger partial charge in [-0.15, -0.1) is 0 Å². The minimum Gasteiger partial charge on any atom is -0.373 e. The summed E-state index contributed by atoms with van der Waals surface area (Å²) >= 11 is 0. The number of nitrogens with one attached hydrogen (secondary N) is 1. The average molecular weight is 233 g/mol. The summed E-state index contributed by atoms with van der Waals surface area (Å²) < 4.78 is 1.76. The van der Waals surface area contributed by atoms with Gasteiger partial charge in [0.05, 0.1) is 11.0 Å². The van der Waals surface area contributed by atoms with Gasteiger partial charge in [-0.05, 0) is 0 Å². The molecule has 17 heavy (non-hydrogen) atoms. The highest BCUT2D eigenvalue weighted by atomic mass is 16.6. The predicted octanol–water partition coefficient (Wildman–Crippen LogP) is 1.43. The van der Waals surface area contributed by atoms with Crippen LogP contribution in [0.3, 0.4) is 0 Å². The Morgan fingerprint density at radius 2 is 2.24 bits per heavy atom. The number of anilines is 1. The molecule has 0 atom stereocenters. The van der Waals surface area contributed by atoms with Crippen LogP contribution in [0.25, 0.3) is 11.5 Å². The van der Waals surface area contributed by atoms with Crippen molar-refractivity contribution in [3.63, 3.8) is 0 Å². The normalized spacial score (nSPS) is 10.2. The van der Waals surface area contributed by atoms with Crippen molar-refractivity contribution in [2.45, 2.75) is 0 Å². The number of hydrogen-bond acceptors (Lipinski definition) is 5. The molecule has 0 bridgehead atoms. The molecule has 0 fully saturated rings. The van der Waals surface area contributed by atoms with Gasteiger partial charge in [0.25, 0.3) is 5.69 Å². The molecule has 0 radical (unpaired) electrons. The predicted molar refractivity (Wildman–Crippen MR) is 62.6 cm³/mol. The van der Waals surface area contributed by atoms with Gasteiger partial charge in [-0.25, -0.2) is 9.97 Å². The maximum absolute atomic E-state index is 10.8. The summed E-state index contributed by atoms with van der Waals surface area (Å²) in [6.45, 7) is 0. The largest absolute Gasteiger partial charge is 0.373 e. The molecule has 88 valence electrons. The first-order chi connectivity index (χ1) is 8.11. The first kappa shape index (κ1) is 11.1. The molecule has 0 amide bonds. The van der Waals surface area contributed by atoms with Crippen LogP contribution >= 0.6 is 0 Å². The van der Waals surface area contributed by atoms with Gasteiger partial charge in [-0.3, -0.25) is 10.1 Å². The lowest BCUT2D eigenvalue weighted by atomic mass is 10.3. The standard InChI is InChI=1S/C10H11N5O2/c1-11-9-6-7(15(16)17)5-8(13-9)10-12-3-4-14(10)2/h3-6H,1-2H3,(H,11,13). The Kier molecular flexibility index (Phi) is 2.73. The van der Waals surface area contributed by atoms with E-state index in [1.165, 1.54) is 12.1 Å². The Hall–Kier alpha value is -2.44. The molecular formula is C10H11N5O2. The maximum Gasteiger partial charge on any atom is 0.275 e. The molecular weight excluding hydrogens is 222 g/mol. The van der Waals surface area contributed by atoms with Gasteiger partial charge in [0.15, 0.2) is 5.82 Å². The van der Waals surface area contributed by atoms with Crippen molar-refractivity contribution >= 4 is 11.5 Å². The van der Waals surface area contributed by atoms with Gasteiger partial charge in [0, 0.05) is 32.6 Å². The molecule has 2 aromatic heterocycles. The van der Waals surface area contributed by atoms with Crippen LogP contribution < -0.4 is 5.32 Å². The van der Waals surface area contributed by atoms with Gasteiger partial charge in [-0.2, -0.15) is 0 Å².